The number of anilines is 1. The van der Waals surface area contributed by atoms with Crippen LogP contribution in [0.25, 0.3) is 10.9 Å². The normalized spacial score (nSPS) is 13.1. The Morgan fingerprint density at radius 1 is 1.03 bits per heavy atom. The van der Waals surface area contributed by atoms with Gasteiger partial charge in [0.2, 0.25) is 10.0 Å². The van der Waals surface area contributed by atoms with Crippen LogP contribution in [-0.2, 0) is 29.7 Å². The van der Waals surface area contributed by atoms with E-state index in [1.807, 2.05) is 42.5 Å². The Balaban J connectivity index is 1.64. The highest BCUT2D eigenvalue weighted by atomic mass is 32.2. The number of nitrogens with zero attached hydrogens (tertiary/aromatic N) is 4. The van der Waals surface area contributed by atoms with Crippen LogP contribution in [0.3, 0.4) is 0 Å². The van der Waals surface area contributed by atoms with Gasteiger partial charge in [-0.2, -0.15) is 0 Å². The summed E-state index contributed by atoms with van der Waals surface area (Å²) in [4.78, 5) is 24.3. The molecule has 3 heterocycles. The number of pyridine rings is 2. The smallest absolute Gasteiger partial charge is 0.258 e. The van der Waals surface area contributed by atoms with Gasteiger partial charge in [0, 0.05) is 36.9 Å². The SMILES string of the molecule is COc1ccc(COc2c3c(c(N(C)S(C)(=O)=O)c4cccnc24)CN(Cc2ccccn2)C3=O)cc1. The number of amides is 1. The predicted molar refractivity (Wildman–Crippen MR) is 140 cm³/mol. The standard InChI is InChI=1S/C27H26N4O5S/c1-30(37(3,33)34)25-21-8-6-14-29-24(21)26(36-17-18-9-11-20(35-2)12-10-18)23-22(25)16-31(27(23)32)15-19-7-4-5-13-28-19/h4-14H,15-17H2,1-3H3. The third-order valence-corrected chi connectivity index (χ3v) is 7.55. The number of fused-ring (bicyclic) bond motifs is 2. The predicted octanol–water partition coefficient (Wildman–Crippen LogP) is 3.77. The van der Waals surface area contributed by atoms with Crippen molar-refractivity contribution in [3.05, 3.63) is 89.4 Å². The molecule has 1 aliphatic heterocycles. The molecule has 4 aromatic rings. The number of aromatic nitrogens is 2. The molecule has 2 aromatic heterocycles. The van der Waals surface area contributed by atoms with Crippen molar-refractivity contribution in [3.63, 3.8) is 0 Å². The molecule has 0 atom stereocenters. The van der Waals surface area contributed by atoms with Gasteiger partial charge in [0.1, 0.15) is 17.9 Å². The number of rotatable bonds is 8. The van der Waals surface area contributed by atoms with Crippen molar-refractivity contribution in [2.45, 2.75) is 19.7 Å². The quantitative estimate of drug-likeness (QED) is 0.350. The highest BCUT2D eigenvalue weighted by Crippen LogP contribution is 2.45. The van der Waals surface area contributed by atoms with E-state index in [1.165, 1.54) is 11.4 Å². The Morgan fingerprint density at radius 3 is 2.46 bits per heavy atom. The lowest BCUT2D eigenvalue weighted by molar-refractivity contribution is 0.0761. The molecule has 190 valence electrons. The van der Waals surface area contributed by atoms with Gasteiger partial charge >= 0.3 is 0 Å². The Bertz CT molecular complexity index is 1570. The monoisotopic (exact) mass is 518 g/mol. The van der Waals surface area contributed by atoms with E-state index in [4.69, 9.17) is 9.47 Å². The van der Waals surface area contributed by atoms with Crippen LogP contribution in [0.5, 0.6) is 11.5 Å². The van der Waals surface area contributed by atoms with Crippen LogP contribution in [0, 0.1) is 0 Å². The van der Waals surface area contributed by atoms with Crippen LogP contribution in [0.15, 0.2) is 67.0 Å². The number of hydrogen-bond acceptors (Lipinski definition) is 7. The first-order valence-electron chi connectivity index (χ1n) is 11.6. The number of benzene rings is 2. The molecule has 0 radical (unpaired) electrons. The molecule has 0 N–H and O–H groups in total. The minimum Gasteiger partial charge on any atom is -0.497 e. The molecule has 2 aromatic carbocycles. The minimum absolute atomic E-state index is 0.191. The fourth-order valence-electron chi connectivity index (χ4n) is 4.47. The molecule has 0 unspecified atom stereocenters. The van der Waals surface area contributed by atoms with Gasteiger partial charge in [-0.3, -0.25) is 19.1 Å². The fourth-order valence-corrected chi connectivity index (χ4v) is 5.01. The van der Waals surface area contributed by atoms with E-state index in [0.717, 1.165) is 23.3 Å². The molecule has 0 bridgehead atoms. The second-order valence-corrected chi connectivity index (χ2v) is 10.8. The van der Waals surface area contributed by atoms with Gasteiger partial charge in [-0.15, -0.1) is 0 Å². The summed E-state index contributed by atoms with van der Waals surface area (Å²) in [6.45, 7) is 0.679. The van der Waals surface area contributed by atoms with E-state index in [-0.39, 0.29) is 25.6 Å². The van der Waals surface area contributed by atoms with E-state index in [9.17, 15) is 13.2 Å². The topological polar surface area (TPSA) is 102 Å². The highest BCUT2D eigenvalue weighted by Gasteiger charge is 2.38. The van der Waals surface area contributed by atoms with E-state index < -0.39 is 10.0 Å². The molecule has 0 aliphatic carbocycles. The van der Waals surface area contributed by atoms with Crippen LogP contribution in [0.2, 0.25) is 0 Å². The van der Waals surface area contributed by atoms with E-state index >= 15 is 0 Å². The van der Waals surface area contributed by atoms with Gasteiger partial charge < -0.3 is 14.4 Å². The molecular weight excluding hydrogens is 492 g/mol. The van der Waals surface area contributed by atoms with Gasteiger partial charge in [0.25, 0.3) is 5.91 Å². The average Bonchev–Trinajstić information content (AvgIpc) is 3.21. The second-order valence-electron chi connectivity index (χ2n) is 8.78. The maximum atomic E-state index is 13.8. The number of hydrogen-bond donors (Lipinski definition) is 0. The van der Waals surface area contributed by atoms with Gasteiger partial charge in [0.15, 0.2) is 5.75 Å². The Labute approximate surface area is 215 Å². The molecule has 37 heavy (non-hydrogen) atoms. The van der Waals surface area contributed by atoms with E-state index in [1.54, 1.807) is 36.5 Å². The van der Waals surface area contributed by atoms with Crippen LogP contribution in [0.4, 0.5) is 5.69 Å². The minimum atomic E-state index is -3.63. The zero-order chi connectivity index (χ0) is 26.2. The van der Waals surface area contributed by atoms with Crippen molar-refractivity contribution in [1.82, 2.24) is 14.9 Å². The first-order chi connectivity index (χ1) is 17.8. The van der Waals surface area contributed by atoms with E-state index in [2.05, 4.69) is 9.97 Å². The van der Waals surface area contributed by atoms with Gasteiger partial charge in [-0.1, -0.05) is 18.2 Å². The van der Waals surface area contributed by atoms with Crippen LogP contribution in [-0.4, -0.2) is 49.6 Å². The van der Waals surface area contributed by atoms with Crippen LogP contribution < -0.4 is 13.8 Å². The van der Waals surface area contributed by atoms with Crippen molar-refractivity contribution in [2.75, 3.05) is 24.7 Å². The largest absolute Gasteiger partial charge is 0.497 e. The zero-order valence-electron chi connectivity index (χ0n) is 20.7. The summed E-state index contributed by atoms with van der Waals surface area (Å²) in [5.74, 6) is 0.798. The molecule has 5 rings (SSSR count). The van der Waals surface area contributed by atoms with Crippen LogP contribution in [0.1, 0.15) is 27.2 Å². The second kappa shape index (κ2) is 9.70. The Morgan fingerprint density at radius 2 is 1.78 bits per heavy atom. The Hall–Kier alpha value is -4.18. The number of ether oxygens (including phenoxy) is 2. The van der Waals surface area contributed by atoms with Crippen molar-refractivity contribution in [1.29, 1.82) is 0 Å². The number of methoxy groups -OCH3 is 1. The van der Waals surface area contributed by atoms with Gasteiger partial charge in [-0.05, 0) is 42.0 Å². The molecule has 9 nitrogen and oxygen atoms in total. The molecule has 1 amide bonds. The molecule has 10 heteroatoms. The summed E-state index contributed by atoms with van der Waals surface area (Å²) in [6.07, 6.45) is 4.41. The molecule has 0 saturated heterocycles. The van der Waals surface area contributed by atoms with Crippen molar-refractivity contribution in [2.24, 2.45) is 0 Å². The lowest BCUT2D eigenvalue weighted by Crippen LogP contribution is -2.26. The maximum absolute atomic E-state index is 13.8. The van der Waals surface area contributed by atoms with Gasteiger partial charge in [-0.25, -0.2) is 8.42 Å². The number of carbonyl (C=O) groups excluding carboxylic acids is 1. The molecule has 0 fully saturated rings. The summed E-state index contributed by atoms with van der Waals surface area (Å²) in [7, 11) is -0.538. The summed E-state index contributed by atoms with van der Waals surface area (Å²) >= 11 is 0. The first kappa shape index (κ1) is 24.5. The Kier molecular flexibility index (Phi) is 6.43. The van der Waals surface area contributed by atoms with Gasteiger partial charge in [0.05, 0.1) is 36.9 Å². The maximum Gasteiger partial charge on any atom is 0.258 e. The van der Waals surface area contributed by atoms with Crippen LogP contribution >= 0.6 is 0 Å². The lowest BCUT2D eigenvalue weighted by atomic mass is 10.0. The highest BCUT2D eigenvalue weighted by molar-refractivity contribution is 7.92. The average molecular weight is 519 g/mol. The lowest BCUT2D eigenvalue weighted by Gasteiger charge is -2.23. The zero-order valence-corrected chi connectivity index (χ0v) is 21.5. The summed E-state index contributed by atoms with van der Waals surface area (Å²) < 4.78 is 38.0. The summed E-state index contributed by atoms with van der Waals surface area (Å²) in [5.41, 5.74) is 3.36. The van der Waals surface area contributed by atoms with Crippen molar-refractivity contribution < 1.29 is 22.7 Å². The number of carbonyl (C=O) groups is 1. The summed E-state index contributed by atoms with van der Waals surface area (Å²) in [6, 6.07) is 16.5. The molecule has 0 spiro atoms. The first-order valence-corrected chi connectivity index (χ1v) is 13.4. The van der Waals surface area contributed by atoms with Crippen molar-refractivity contribution >= 4 is 32.5 Å². The number of sulfonamides is 1. The molecular formula is C27H26N4O5S. The third kappa shape index (κ3) is 4.67. The van der Waals surface area contributed by atoms with Crippen molar-refractivity contribution in [3.8, 4) is 11.5 Å². The molecule has 1 aliphatic rings. The third-order valence-electron chi connectivity index (χ3n) is 6.38. The molecule has 0 saturated carbocycles. The fraction of sp³-hybridized carbons (Fsp3) is 0.222. The summed E-state index contributed by atoms with van der Waals surface area (Å²) in [5, 5.41) is 0.589. The van der Waals surface area contributed by atoms with E-state index in [0.29, 0.717) is 33.5 Å².